The molecule has 164 valence electrons. The van der Waals surface area contributed by atoms with Gasteiger partial charge in [-0.15, -0.1) is 0 Å². The number of ether oxygens (including phenoxy) is 2. The van der Waals surface area contributed by atoms with Gasteiger partial charge in [-0.25, -0.2) is 4.79 Å². The average molecular weight is 410 g/mol. The van der Waals surface area contributed by atoms with Crippen LogP contribution in [0.3, 0.4) is 0 Å². The molecule has 0 aliphatic carbocycles. The summed E-state index contributed by atoms with van der Waals surface area (Å²) in [5.74, 6) is 0.386. The van der Waals surface area contributed by atoms with E-state index in [-0.39, 0.29) is 24.8 Å². The fraction of sp³-hybridized carbons (Fsp3) is 0.762. The van der Waals surface area contributed by atoms with Gasteiger partial charge in [-0.3, -0.25) is 9.59 Å². The highest BCUT2D eigenvalue weighted by Gasteiger charge is 2.23. The maximum Gasteiger partial charge on any atom is 0.407 e. The van der Waals surface area contributed by atoms with Crippen molar-refractivity contribution in [3.05, 3.63) is 11.6 Å². The van der Waals surface area contributed by atoms with Crippen molar-refractivity contribution in [2.24, 2.45) is 5.92 Å². The second-order valence-electron chi connectivity index (χ2n) is 8.66. The van der Waals surface area contributed by atoms with Crippen LogP contribution < -0.4 is 10.6 Å². The third-order valence-corrected chi connectivity index (χ3v) is 5.01. The zero-order valence-electron chi connectivity index (χ0n) is 17.9. The molecule has 3 amide bonds. The molecule has 0 aromatic carbocycles. The number of nitrogens with zero attached hydrogens (tertiary/aromatic N) is 1. The van der Waals surface area contributed by atoms with Crippen LogP contribution in [0.2, 0.25) is 0 Å². The first-order valence-corrected chi connectivity index (χ1v) is 10.5. The first kappa shape index (κ1) is 23.2. The molecule has 0 radical (unpaired) electrons. The van der Waals surface area contributed by atoms with Crippen LogP contribution in [0.4, 0.5) is 4.79 Å². The number of amides is 3. The van der Waals surface area contributed by atoms with E-state index >= 15 is 0 Å². The van der Waals surface area contributed by atoms with Gasteiger partial charge in [0.1, 0.15) is 5.60 Å². The molecule has 29 heavy (non-hydrogen) atoms. The number of piperidine rings is 1. The molecule has 2 N–H and O–H groups in total. The van der Waals surface area contributed by atoms with Gasteiger partial charge in [-0.2, -0.15) is 0 Å². The number of carbonyl (C=O) groups is 3. The maximum absolute atomic E-state index is 12.3. The Morgan fingerprint density at radius 2 is 1.79 bits per heavy atom. The number of likely N-dealkylation sites (tertiary alicyclic amines) is 1. The molecule has 0 aromatic heterocycles. The van der Waals surface area contributed by atoms with Crippen LogP contribution in [0.5, 0.6) is 0 Å². The topological polar surface area (TPSA) is 97.0 Å². The summed E-state index contributed by atoms with van der Waals surface area (Å²) in [7, 11) is 0. The molecule has 2 saturated heterocycles. The van der Waals surface area contributed by atoms with Crippen molar-refractivity contribution in [1.82, 2.24) is 15.5 Å². The summed E-state index contributed by atoms with van der Waals surface area (Å²) in [6, 6.07) is 0. The van der Waals surface area contributed by atoms with Gasteiger partial charge >= 0.3 is 6.09 Å². The lowest BCUT2D eigenvalue weighted by molar-refractivity contribution is -0.132. The summed E-state index contributed by atoms with van der Waals surface area (Å²) in [6.45, 7) is 9.06. The highest BCUT2D eigenvalue weighted by Crippen LogP contribution is 2.17. The molecule has 0 spiro atoms. The van der Waals surface area contributed by atoms with Gasteiger partial charge < -0.3 is 25.0 Å². The van der Waals surface area contributed by atoms with E-state index in [4.69, 9.17) is 9.47 Å². The molecule has 2 heterocycles. The minimum atomic E-state index is -0.549. The van der Waals surface area contributed by atoms with Gasteiger partial charge in [0.25, 0.3) is 0 Å². The van der Waals surface area contributed by atoms with Crippen molar-refractivity contribution in [2.45, 2.75) is 58.5 Å². The molecule has 8 nitrogen and oxygen atoms in total. The number of carbonyl (C=O) groups excluding carboxylic acids is 3. The van der Waals surface area contributed by atoms with Crippen LogP contribution in [-0.4, -0.2) is 67.8 Å². The molecule has 0 unspecified atom stereocenters. The minimum Gasteiger partial charge on any atom is -0.444 e. The van der Waals surface area contributed by atoms with Crippen molar-refractivity contribution in [2.75, 3.05) is 39.4 Å². The zero-order valence-corrected chi connectivity index (χ0v) is 17.9. The molecule has 2 aliphatic rings. The standard InChI is InChI=1S/C21H35N3O5/c1-21(2,3)29-20(27)22-9-4-19(26)24-10-5-17(6-11-24)15-23-18(25)14-16-7-12-28-13-8-16/h14,17H,4-13,15H2,1-3H3,(H,22,27)(H,23,25). The Labute approximate surface area is 173 Å². The van der Waals surface area contributed by atoms with Gasteiger partial charge in [0.05, 0.1) is 13.2 Å². The highest BCUT2D eigenvalue weighted by atomic mass is 16.6. The molecule has 2 fully saturated rings. The molecular formula is C21H35N3O5. The lowest BCUT2D eigenvalue weighted by atomic mass is 9.96. The molecular weight excluding hydrogens is 374 g/mol. The third kappa shape index (κ3) is 9.30. The molecule has 2 rings (SSSR count). The van der Waals surface area contributed by atoms with Gasteiger partial charge in [-0.1, -0.05) is 5.57 Å². The number of hydrogen-bond acceptors (Lipinski definition) is 5. The van der Waals surface area contributed by atoms with E-state index in [0.717, 1.165) is 31.3 Å². The maximum atomic E-state index is 12.3. The fourth-order valence-corrected chi connectivity index (χ4v) is 3.39. The molecule has 0 saturated carbocycles. The predicted molar refractivity (Wildman–Crippen MR) is 109 cm³/mol. The second-order valence-corrected chi connectivity index (χ2v) is 8.66. The van der Waals surface area contributed by atoms with Crippen LogP contribution in [0, 0.1) is 5.92 Å². The van der Waals surface area contributed by atoms with Crippen molar-refractivity contribution >= 4 is 17.9 Å². The van der Waals surface area contributed by atoms with E-state index in [1.807, 2.05) is 4.90 Å². The quantitative estimate of drug-likeness (QED) is 0.654. The first-order chi connectivity index (χ1) is 13.7. The van der Waals surface area contributed by atoms with E-state index in [0.29, 0.717) is 38.8 Å². The van der Waals surface area contributed by atoms with E-state index in [9.17, 15) is 14.4 Å². The largest absolute Gasteiger partial charge is 0.444 e. The van der Waals surface area contributed by atoms with Crippen molar-refractivity contribution in [1.29, 1.82) is 0 Å². The normalized spacial score (nSPS) is 18.2. The molecule has 0 atom stereocenters. The van der Waals surface area contributed by atoms with Crippen LogP contribution in [0.25, 0.3) is 0 Å². The van der Waals surface area contributed by atoms with Crippen molar-refractivity contribution in [3.8, 4) is 0 Å². The SMILES string of the molecule is CC(C)(C)OC(=O)NCCC(=O)N1CCC(CNC(=O)C=C2CCOCC2)CC1. The van der Waals surface area contributed by atoms with Gasteiger partial charge in [0.2, 0.25) is 11.8 Å². The fourth-order valence-electron chi connectivity index (χ4n) is 3.39. The Morgan fingerprint density at radius 1 is 1.14 bits per heavy atom. The number of hydrogen-bond donors (Lipinski definition) is 2. The summed E-state index contributed by atoms with van der Waals surface area (Å²) in [6.07, 6.45) is 4.87. The summed E-state index contributed by atoms with van der Waals surface area (Å²) >= 11 is 0. The predicted octanol–water partition coefficient (Wildman–Crippen LogP) is 1.99. The van der Waals surface area contributed by atoms with Gasteiger partial charge in [0.15, 0.2) is 0 Å². The van der Waals surface area contributed by atoms with Crippen molar-refractivity contribution < 1.29 is 23.9 Å². The zero-order chi connectivity index (χ0) is 21.3. The lowest BCUT2D eigenvalue weighted by Gasteiger charge is -2.32. The van der Waals surface area contributed by atoms with E-state index in [1.165, 1.54) is 0 Å². The first-order valence-electron chi connectivity index (χ1n) is 10.5. The Kier molecular flexibility index (Phi) is 8.95. The summed E-state index contributed by atoms with van der Waals surface area (Å²) < 4.78 is 10.4. The van der Waals surface area contributed by atoms with Crippen LogP contribution in [0.1, 0.15) is 52.9 Å². The Hall–Kier alpha value is -2.09. The Bertz CT molecular complexity index is 596. The van der Waals surface area contributed by atoms with Crippen LogP contribution in [0.15, 0.2) is 11.6 Å². The number of rotatable bonds is 6. The van der Waals surface area contributed by atoms with E-state index < -0.39 is 11.7 Å². The number of alkyl carbamates (subject to hydrolysis) is 1. The van der Waals surface area contributed by atoms with Gasteiger partial charge in [0, 0.05) is 38.7 Å². The summed E-state index contributed by atoms with van der Waals surface area (Å²) in [5.41, 5.74) is 0.598. The van der Waals surface area contributed by atoms with E-state index in [1.54, 1.807) is 26.8 Å². The summed E-state index contributed by atoms with van der Waals surface area (Å²) in [4.78, 5) is 37.8. The second kappa shape index (κ2) is 11.2. The highest BCUT2D eigenvalue weighted by molar-refractivity contribution is 5.88. The molecule has 0 aromatic rings. The lowest BCUT2D eigenvalue weighted by Crippen LogP contribution is -2.42. The van der Waals surface area contributed by atoms with Crippen molar-refractivity contribution in [3.63, 3.8) is 0 Å². The molecule has 8 heteroatoms. The Morgan fingerprint density at radius 3 is 2.41 bits per heavy atom. The van der Waals surface area contributed by atoms with Gasteiger partial charge in [-0.05, 0) is 52.4 Å². The minimum absolute atomic E-state index is 0.0337. The van der Waals surface area contributed by atoms with Crippen LogP contribution >= 0.6 is 0 Å². The average Bonchev–Trinajstić information content (AvgIpc) is 2.66. The third-order valence-electron chi connectivity index (χ3n) is 5.01. The van der Waals surface area contributed by atoms with Crippen LogP contribution in [-0.2, 0) is 19.1 Å². The number of nitrogens with one attached hydrogen (secondary N) is 2. The molecule has 0 bridgehead atoms. The Balaban J connectivity index is 1.60. The molecule has 2 aliphatic heterocycles. The van der Waals surface area contributed by atoms with E-state index in [2.05, 4.69) is 10.6 Å². The smallest absolute Gasteiger partial charge is 0.407 e. The summed E-state index contributed by atoms with van der Waals surface area (Å²) in [5, 5.41) is 5.60. The monoisotopic (exact) mass is 409 g/mol.